The van der Waals surface area contributed by atoms with Gasteiger partial charge in [0.15, 0.2) is 0 Å². The number of carbonyl (C=O) groups is 1. The lowest BCUT2D eigenvalue weighted by Crippen LogP contribution is -2.27. The third-order valence-electron chi connectivity index (χ3n) is 3.03. The van der Waals surface area contributed by atoms with Crippen LogP contribution < -0.4 is 4.90 Å². The number of carbonyl (C=O) groups excluding carboxylic acids is 1. The van der Waals surface area contributed by atoms with Crippen LogP contribution in [0.1, 0.15) is 24.5 Å². The average Bonchev–Trinajstić information content (AvgIpc) is 2.71. The van der Waals surface area contributed by atoms with E-state index in [2.05, 4.69) is 34.1 Å². The Labute approximate surface area is 105 Å². The summed E-state index contributed by atoms with van der Waals surface area (Å²) in [5.74, 6) is 0.229. The van der Waals surface area contributed by atoms with Gasteiger partial charge in [0.25, 0.3) is 0 Å². The third-order valence-corrected chi connectivity index (χ3v) is 3.42. The first kappa shape index (κ1) is 11.6. The fourth-order valence-electron chi connectivity index (χ4n) is 2.17. The number of hydrogen-bond donors (Lipinski definition) is 0. The van der Waals surface area contributed by atoms with Gasteiger partial charge >= 0.3 is 0 Å². The number of rotatable bonds is 3. The molecule has 0 atom stereocenters. The zero-order chi connectivity index (χ0) is 11.5. The predicted octanol–water partition coefficient (Wildman–Crippen LogP) is 2.92. The molecule has 1 aromatic rings. The minimum Gasteiger partial charge on any atom is -0.312 e. The molecule has 0 radical (unpaired) electrons. The van der Waals surface area contributed by atoms with Gasteiger partial charge in [-0.25, -0.2) is 0 Å². The number of alkyl halides is 1. The summed E-state index contributed by atoms with van der Waals surface area (Å²) in [4.78, 5) is 13.6. The molecule has 1 aliphatic heterocycles. The molecule has 16 heavy (non-hydrogen) atoms. The molecule has 0 N–H and O–H groups in total. The van der Waals surface area contributed by atoms with E-state index in [0.717, 1.165) is 30.4 Å². The van der Waals surface area contributed by atoms with Crippen LogP contribution in [0.3, 0.4) is 0 Å². The highest BCUT2D eigenvalue weighted by atomic mass is 79.9. The van der Waals surface area contributed by atoms with Crippen molar-refractivity contribution in [3.05, 3.63) is 29.3 Å². The maximum absolute atomic E-state index is 11.7. The Balaban J connectivity index is 2.25. The molecule has 0 aromatic heterocycles. The Morgan fingerprint density at radius 1 is 1.50 bits per heavy atom. The van der Waals surface area contributed by atoms with Crippen LogP contribution in [0, 0.1) is 0 Å². The smallest absolute Gasteiger partial charge is 0.226 e. The summed E-state index contributed by atoms with van der Waals surface area (Å²) in [6.07, 6.45) is 2.63. The number of amides is 1. The second-order valence-corrected chi connectivity index (χ2v) is 4.84. The van der Waals surface area contributed by atoms with Crippen molar-refractivity contribution in [2.45, 2.75) is 26.2 Å². The van der Waals surface area contributed by atoms with Gasteiger partial charge in [0.1, 0.15) is 0 Å². The highest BCUT2D eigenvalue weighted by molar-refractivity contribution is 9.09. The SMILES string of the molecule is CCC(=O)N1CCc2cc(CCBr)ccc21. The summed E-state index contributed by atoms with van der Waals surface area (Å²) in [5, 5.41) is 0.989. The first-order valence-electron chi connectivity index (χ1n) is 5.74. The molecular weight excluding hydrogens is 266 g/mol. The maximum atomic E-state index is 11.7. The topological polar surface area (TPSA) is 20.3 Å². The summed E-state index contributed by atoms with van der Waals surface area (Å²) in [5.41, 5.74) is 3.78. The molecule has 0 saturated carbocycles. The highest BCUT2D eigenvalue weighted by Crippen LogP contribution is 2.29. The Morgan fingerprint density at radius 2 is 2.31 bits per heavy atom. The van der Waals surface area contributed by atoms with E-state index in [1.54, 1.807) is 0 Å². The first-order valence-corrected chi connectivity index (χ1v) is 6.86. The third kappa shape index (κ3) is 2.14. The van der Waals surface area contributed by atoms with Crippen LogP contribution in [-0.2, 0) is 17.6 Å². The summed E-state index contributed by atoms with van der Waals surface area (Å²) in [6, 6.07) is 6.45. The van der Waals surface area contributed by atoms with E-state index in [4.69, 9.17) is 0 Å². The van der Waals surface area contributed by atoms with Gasteiger partial charge in [0.2, 0.25) is 5.91 Å². The fraction of sp³-hybridized carbons (Fsp3) is 0.462. The molecule has 0 aliphatic carbocycles. The lowest BCUT2D eigenvalue weighted by Gasteiger charge is -2.16. The number of aryl methyl sites for hydroxylation is 1. The number of nitrogens with zero attached hydrogens (tertiary/aromatic N) is 1. The van der Waals surface area contributed by atoms with Crippen molar-refractivity contribution < 1.29 is 4.79 Å². The molecule has 1 heterocycles. The quantitative estimate of drug-likeness (QED) is 0.781. The van der Waals surface area contributed by atoms with Gasteiger partial charge in [-0.3, -0.25) is 4.79 Å². The van der Waals surface area contributed by atoms with Gasteiger partial charge in [-0.05, 0) is 30.0 Å². The molecule has 0 saturated heterocycles. The van der Waals surface area contributed by atoms with E-state index in [1.165, 1.54) is 11.1 Å². The van der Waals surface area contributed by atoms with Crippen LogP contribution in [0.25, 0.3) is 0 Å². The monoisotopic (exact) mass is 281 g/mol. The van der Waals surface area contributed by atoms with Crippen LogP contribution in [0.4, 0.5) is 5.69 Å². The summed E-state index contributed by atoms with van der Waals surface area (Å²) >= 11 is 3.45. The van der Waals surface area contributed by atoms with E-state index < -0.39 is 0 Å². The molecule has 1 aliphatic rings. The molecule has 1 aromatic carbocycles. The van der Waals surface area contributed by atoms with Crippen molar-refractivity contribution in [3.63, 3.8) is 0 Å². The largest absolute Gasteiger partial charge is 0.312 e. The van der Waals surface area contributed by atoms with Crippen molar-refractivity contribution in [1.82, 2.24) is 0 Å². The second-order valence-electron chi connectivity index (χ2n) is 4.05. The van der Waals surface area contributed by atoms with Crippen LogP contribution in [0.2, 0.25) is 0 Å². The van der Waals surface area contributed by atoms with Crippen LogP contribution in [-0.4, -0.2) is 17.8 Å². The Bertz CT molecular complexity index is 403. The van der Waals surface area contributed by atoms with E-state index in [9.17, 15) is 4.79 Å². The van der Waals surface area contributed by atoms with Crippen LogP contribution in [0.15, 0.2) is 18.2 Å². The van der Waals surface area contributed by atoms with E-state index in [-0.39, 0.29) is 5.91 Å². The molecule has 1 amide bonds. The van der Waals surface area contributed by atoms with Crippen molar-refractivity contribution in [3.8, 4) is 0 Å². The molecular formula is C13H16BrNO. The van der Waals surface area contributed by atoms with Gasteiger partial charge in [0, 0.05) is 24.0 Å². The standard InChI is InChI=1S/C13H16BrNO/c1-2-13(16)15-8-6-11-9-10(5-7-14)3-4-12(11)15/h3-4,9H,2,5-8H2,1H3. The number of fused-ring (bicyclic) bond motifs is 1. The van der Waals surface area contributed by atoms with Crippen molar-refractivity contribution in [1.29, 1.82) is 0 Å². The minimum atomic E-state index is 0.229. The van der Waals surface area contributed by atoms with E-state index in [1.807, 2.05) is 11.8 Å². The number of benzene rings is 1. The normalized spacial score (nSPS) is 14.0. The second kappa shape index (κ2) is 5.00. The van der Waals surface area contributed by atoms with Gasteiger partial charge in [0.05, 0.1) is 0 Å². The molecule has 2 nitrogen and oxygen atoms in total. The molecule has 0 unspecified atom stereocenters. The summed E-state index contributed by atoms with van der Waals surface area (Å²) in [6.45, 7) is 2.76. The summed E-state index contributed by atoms with van der Waals surface area (Å²) < 4.78 is 0. The van der Waals surface area contributed by atoms with Crippen LogP contribution in [0.5, 0.6) is 0 Å². The number of anilines is 1. The molecule has 86 valence electrons. The van der Waals surface area contributed by atoms with Crippen molar-refractivity contribution in [2.24, 2.45) is 0 Å². The fourth-order valence-corrected chi connectivity index (χ4v) is 2.63. The predicted molar refractivity (Wildman–Crippen MR) is 70.3 cm³/mol. The van der Waals surface area contributed by atoms with Crippen molar-refractivity contribution in [2.75, 3.05) is 16.8 Å². The molecule has 2 rings (SSSR count). The van der Waals surface area contributed by atoms with Gasteiger partial charge < -0.3 is 4.90 Å². The molecule has 0 bridgehead atoms. The summed E-state index contributed by atoms with van der Waals surface area (Å²) in [7, 11) is 0. The molecule has 0 spiro atoms. The average molecular weight is 282 g/mol. The van der Waals surface area contributed by atoms with Gasteiger partial charge in [-0.2, -0.15) is 0 Å². The zero-order valence-electron chi connectivity index (χ0n) is 9.50. The highest BCUT2D eigenvalue weighted by Gasteiger charge is 2.23. The lowest BCUT2D eigenvalue weighted by molar-refractivity contribution is -0.118. The first-order chi connectivity index (χ1) is 7.76. The van der Waals surface area contributed by atoms with E-state index in [0.29, 0.717) is 6.42 Å². The number of hydrogen-bond acceptors (Lipinski definition) is 1. The Hall–Kier alpha value is -0.830. The lowest BCUT2D eigenvalue weighted by atomic mass is 10.1. The molecule has 0 fully saturated rings. The minimum absolute atomic E-state index is 0.229. The molecule has 3 heteroatoms. The van der Waals surface area contributed by atoms with Crippen molar-refractivity contribution >= 4 is 27.5 Å². The zero-order valence-corrected chi connectivity index (χ0v) is 11.1. The van der Waals surface area contributed by atoms with Gasteiger partial charge in [-0.1, -0.05) is 35.0 Å². The Morgan fingerprint density at radius 3 is 3.00 bits per heavy atom. The maximum Gasteiger partial charge on any atom is 0.226 e. The van der Waals surface area contributed by atoms with E-state index >= 15 is 0 Å². The number of halogens is 1. The van der Waals surface area contributed by atoms with Crippen LogP contribution >= 0.6 is 15.9 Å². The Kier molecular flexibility index (Phi) is 3.64. The van der Waals surface area contributed by atoms with Gasteiger partial charge in [-0.15, -0.1) is 0 Å².